The second kappa shape index (κ2) is 5.33. The maximum Gasteiger partial charge on any atom is 0.354 e. The van der Waals surface area contributed by atoms with Crippen LogP contribution in [0, 0.1) is 5.92 Å². The molecule has 5 heteroatoms. The molecule has 1 amide bonds. The fourth-order valence-electron chi connectivity index (χ4n) is 3.14. The van der Waals surface area contributed by atoms with E-state index in [1.807, 2.05) is 36.4 Å². The molecule has 1 aromatic rings. The molecule has 0 aliphatic carbocycles. The molecule has 110 valence electrons. The number of rotatable bonds is 4. The van der Waals surface area contributed by atoms with E-state index in [0.29, 0.717) is 5.70 Å². The van der Waals surface area contributed by atoms with Gasteiger partial charge in [-0.2, -0.15) is 0 Å². The average molecular weight is 287 g/mol. The number of hydrogen-bond donors (Lipinski definition) is 0. The highest BCUT2D eigenvalue weighted by Gasteiger charge is 2.57. The van der Waals surface area contributed by atoms with Crippen molar-refractivity contribution in [2.24, 2.45) is 5.92 Å². The molecular weight excluding hydrogens is 270 g/mol. The zero-order valence-corrected chi connectivity index (χ0v) is 12.0. The monoisotopic (exact) mass is 287 g/mol. The van der Waals surface area contributed by atoms with Crippen LogP contribution in [0.15, 0.2) is 42.1 Å². The summed E-state index contributed by atoms with van der Waals surface area (Å²) >= 11 is 0. The van der Waals surface area contributed by atoms with E-state index in [-0.39, 0.29) is 17.9 Å². The fourth-order valence-corrected chi connectivity index (χ4v) is 3.14. The summed E-state index contributed by atoms with van der Waals surface area (Å²) in [5.41, 5.74) is 1.50. The zero-order chi connectivity index (χ0) is 15.0. The molecule has 0 unspecified atom stereocenters. The van der Waals surface area contributed by atoms with Gasteiger partial charge < -0.3 is 9.47 Å². The lowest BCUT2D eigenvalue weighted by atomic mass is 9.85. The molecule has 0 spiro atoms. The molecule has 0 saturated carbocycles. The predicted octanol–water partition coefficient (Wildman–Crippen LogP) is 1.14. The van der Waals surface area contributed by atoms with Crippen molar-refractivity contribution in [1.82, 2.24) is 4.90 Å². The predicted molar refractivity (Wildman–Crippen MR) is 75.2 cm³/mol. The van der Waals surface area contributed by atoms with E-state index in [4.69, 9.17) is 9.47 Å². The van der Waals surface area contributed by atoms with Crippen LogP contribution in [0.25, 0.3) is 0 Å². The normalized spacial score (nSPS) is 27.0. The van der Waals surface area contributed by atoms with Crippen LogP contribution in [0.3, 0.4) is 0 Å². The Morgan fingerprint density at radius 1 is 1.24 bits per heavy atom. The van der Waals surface area contributed by atoms with Gasteiger partial charge in [0.15, 0.2) is 6.10 Å². The first-order valence-corrected chi connectivity index (χ1v) is 6.87. The Kier molecular flexibility index (Phi) is 3.51. The summed E-state index contributed by atoms with van der Waals surface area (Å²) in [6.45, 7) is 0. The summed E-state index contributed by atoms with van der Waals surface area (Å²) in [5, 5.41) is 0. The number of benzene rings is 1. The van der Waals surface area contributed by atoms with Gasteiger partial charge in [-0.15, -0.1) is 0 Å². The van der Waals surface area contributed by atoms with Crippen LogP contribution in [0.2, 0.25) is 0 Å². The Morgan fingerprint density at radius 2 is 1.95 bits per heavy atom. The molecule has 1 saturated heterocycles. The first kappa shape index (κ1) is 13.8. The van der Waals surface area contributed by atoms with E-state index in [1.165, 1.54) is 24.7 Å². The van der Waals surface area contributed by atoms with Crippen molar-refractivity contribution in [3.05, 3.63) is 47.7 Å². The Morgan fingerprint density at radius 3 is 2.57 bits per heavy atom. The van der Waals surface area contributed by atoms with Crippen molar-refractivity contribution >= 4 is 11.9 Å². The number of amides is 1. The highest BCUT2D eigenvalue weighted by atomic mass is 16.5. The second-order valence-electron chi connectivity index (χ2n) is 5.25. The Bertz CT molecular complexity index is 596. The number of ether oxygens (including phenoxy) is 2. The van der Waals surface area contributed by atoms with Crippen molar-refractivity contribution in [2.45, 2.75) is 18.6 Å². The van der Waals surface area contributed by atoms with Crippen molar-refractivity contribution < 1.29 is 19.1 Å². The minimum Gasteiger partial charge on any atom is -0.464 e. The lowest BCUT2D eigenvalue weighted by Crippen LogP contribution is -2.65. The van der Waals surface area contributed by atoms with Crippen LogP contribution in [-0.2, 0) is 25.5 Å². The summed E-state index contributed by atoms with van der Waals surface area (Å²) in [4.78, 5) is 25.4. The average Bonchev–Trinajstić information content (AvgIpc) is 2.83. The van der Waals surface area contributed by atoms with Crippen LogP contribution < -0.4 is 0 Å². The molecule has 3 rings (SSSR count). The van der Waals surface area contributed by atoms with E-state index >= 15 is 0 Å². The van der Waals surface area contributed by atoms with Crippen LogP contribution in [0.1, 0.15) is 5.56 Å². The standard InChI is InChI=1S/C16H17NO4/c1-20-14-13-11(8-10-6-4-3-5-7-10)9-12(16(19)21-2)17(13)15(14)18/h3-7,9,11,13-14H,8H2,1-2H3/t11-,13-,14+/m1/s1. The van der Waals surface area contributed by atoms with Crippen LogP contribution >= 0.6 is 0 Å². The van der Waals surface area contributed by atoms with Gasteiger partial charge in [-0.05, 0) is 18.1 Å². The molecule has 5 nitrogen and oxygen atoms in total. The third-order valence-corrected chi connectivity index (χ3v) is 4.12. The zero-order valence-electron chi connectivity index (χ0n) is 12.0. The third kappa shape index (κ3) is 2.14. The minimum atomic E-state index is -0.475. The Labute approximate surface area is 123 Å². The molecule has 2 aliphatic heterocycles. The van der Waals surface area contributed by atoms with Gasteiger partial charge in [0.05, 0.1) is 13.2 Å². The summed E-state index contributed by atoms with van der Waals surface area (Å²) in [7, 11) is 2.84. The topological polar surface area (TPSA) is 55.8 Å². The van der Waals surface area contributed by atoms with E-state index in [0.717, 1.165) is 6.42 Å². The highest BCUT2D eigenvalue weighted by Crippen LogP contribution is 2.41. The van der Waals surface area contributed by atoms with Crippen molar-refractivity contribution in [3.63, 3.8) is 0 Å². The SMILES string of the molecule is COC(=O)C1=C[C@@H](Cc2ccccc2)[C@@H]2[C@H](OC)C(=O)N12. The third-order valence-electron chi connectivity index (χ3n) is 4.12. The van der Waals surface area contributed by atoms with Gasteiger partial charge in [-0.25, -0.2) is 4.79 Å². The molecule has 0 radical (unpaired) electrons. The van der Waals surface area contributed by atoms with Crippen molar-refractivity contribution in [2.75, 3.05) is 14.2 Å². The van der Waals surface area contributed by atoms with Crippen molar-refractivity contribution in [3.8, 4) is 0 Å². The largest absolute Gasteiger partial charge is 0.464 e. The number of methoxy groups -OCH3 is 2. The van der Waals surface area contributed by atoms with Crippen LogP contribution in [-0.4, -0.2) is 43.1 Å². The number of hydrogen-bond acceptors (Lipinski definition) is 4. The molecule has 0 N–H and O–H groups in total. The van der Waals surface area contributed by atoms with Crippen molar-refractivity contribution in [1.29, 1.82) is 0 Å². The molecule has 0 aromatic heterocycles. The summed E-state index contributed by atoms with van der Waals surface area (Å²) in [6.07, 6.45) is 2.12. The minimum absolute atomic E-state index is 0.0594. The quantitative estimate of drug-likeness (QED) is 0.615. The molecule has 2 aliphatic rings. The van der Waals surface area contributed by atoms with Gasteiger partial charge in [0.25, 0.3) is 5.91 Å². The first-order chi connectivity index (χ1) is 10.2. The maximum atomic E-state index is 12.1. The van der Waals surface area contributed by atoms with Gasteiger partial charge in [-0.1, -0.05) is 30.3 Å². The number of fused-ring (bicyclic) bond motifs is 1. The number of β-lactam (4-membered cyclic amide) rings is 1. The lowest BCUT2D eigenvalue weighted by molar-refractivity contribution is -0.169. The maximum absolute atomic E-state index is 12.1. The van der Waals surface area contributed by atoms with Gasteiger partial charge >= 0.3 is 5.97 Å². The van der Waals surface area contributed by atoms with E-state index in [9.17, 15) is 9.59 Å². The summed E-state index contributed by atoms with van der Waals surface area (Å²) in [5.74, 6) is -0.586. The molecule has 1 aromatic carbocycles. The molecule has 3 atom stereocenters. The van der Waals surface area contributed by atoms with Crippen LogP contribution in [0.4, 0.5) is 0 Å². The van der Waals surface area contributed by atoms with Crippen LogP contribution in [0.5, 0.6) is 0 Å². The number of esters is 1. The van der Waals surface area contributed by atoms with Gasteiger partial charge in [-0.3, -0.25) is 9.69 Å². The summed E-state index contributed by atoms with van der Waals surface area (Å²) in [6, 6.07) is 9.88. The molecular formula is C16H17NO4. The van der Waals surface area contributed by atoms with Gasteiger partial charge in [0, 0.05) is 13.0 Å². The first-order valence-electron chi connectivity index (χ1n) is 6.87. The molecule has 0 bridgehead atoms. The molecule has 2 heterocycles. The van der Waals surface area contributed by atoms with E-state index in [1.54, 1.807) is 0 Å². The van der Waals surface area contributed by atoms with E-state index in [2.05, 4.69) is 0 Å². The number of carbonyl (C=O) groups is 2. The highest BCUT2D eigenvalue weighted by molar-refractivity contribution is 6.00. The van der Waals surface area contributed by atoms with Gasteiger partial charge in [0.2, 0.25) is 0 Å². The Balaban J connectivity index is 1.86. The smallest absolute Gasteiger partial charge is 0.354 e. The second-order valence-corrected chi connectivity index (χ2v) is 5.25. The summed E-state index contributed by atoms with van der Waals surface area (Å²) < 4.78 is 10.0. The fraction of sp³-hybridized carbons (Fsp3) is 0.375. The Hall–Kier alpha value is -2.14. The number of carbonyl (C=O) groups excluding carboxylic acids is 2. The molecule has 21 heavy (non-hydrogen) atoms. The van der Waals surface area contributed by atoms with E-state index < -0.39 is 12.1 Å². The lowest BCUT2D eigenvalue weighted by Gasteiger charge is -2.44. The molecule has 1 fully saturated rings. The van der Waals surface area contributed by atoms with Gasteiger partial charge in [0.1, 0.15) is 5.70 Å². The number of nitrogens with zero attached hydrogens (tertiary/aromatic N) is 1.